The minimum Gasteiger partial charge on any atom is -0.323 e. The Hall–Kier alpha value is -2.87. The molecule has 2 fully saturated rings. The number of urea groups is 1. The number of anilines is 1. The molecule has 2 aliphatic rings. The maximum absolute atomic E-state index is 12.4. The van der Waals surface area contributed by atoms with Gasteiger partial charge in [-0.2, -0.15) is 5.10 Å². The summed E-state index contributed by atoms with van der Waals surface area (Å²) in [4.78, 5) is 37.2. The predicted octanol–water partition coefficient (Wildman–Crippen LogP) is 1.26. The van der Waals surface area contributed by atoms with Crippen molar-refractivity contribution in [3.63, 3.8) is 0 Å². The van der Waals surface area contributed by atoms with Crippen molar-refractivity contribution in [3.05, 3.63) is 41.7 Å². The third-order valence-corrected chi connectivity index (χ3v) is 4.70. The van der Waals surface area contributed by atoms with Crippen LogP contribution in [0.1, 0.15) is 0 Å². The SMILES string of the molecule is O=C1NC(=O)[C@@H]2CN(C(=O)Nc3cnn(-c4ccc(Cl)cc4)c3)C[C@H]12. The summed E-state index contributed by atoms with van der Waals surface area (Å²) in [5.41, 5.74) is 1.33. The van der Waals surface area contributed by atoms with Gasteiger partial charge in [-0.15, -0.1) is 0 Å². The highest BCUT2D eigenvalue weighted by atomic mass is 35.5. The zero-order valence-corrected chi connectivity index (χ0v) is 13.7. The second kappa shape index (κ2) is 5.89. The number of likely N-dealkylation sites (tertiary alicyclic amines) is 1. The molecule has 2 aliphatic heterocycles. The Morgan fingerprint density at radius 1 is 1.16 bits per heavy atom. The summed E-state index contributed by atoms with van der Waals surface area (Å²) in [6.45, 7) is 0.471. The van der Waals surface area contributed by atoms with Crippen LogP contribution >= 0.6 is 11.6 Å². The molecule has 3 heterocycles. The third kappa shape index (κ3) is 2.85. The van der Waals surface area contributed by atoms with E-state index < -0.39 is 11.8 Å². The summed E-state index contributed by atoms with van der Waals surface area (Å²) in [6.07, 6.45) is 3.21. The monoisotopic (exact) mass is 359 g/mol. The van der Waals surface area contributed by atoms with Gasteiger partial charge in [0.2, 0.25) is 11.8 Å². The fourth-order valence-electron chi connectivity index (χ4n) is 3.13. The van der Waals surface area contributed by atoms with Crippen molar-refractivity contribution < 1.29 is 14.4 Å². The van der Waals surface area contributed by atoms with Gasteiger partial charge in [0.15, 0.2) is 0 Å². The van der Waals surface area contributed by atoms with Crippen molar-refractivity contribution in [1.82, 2.24) is 20.0 Å². The number of aromatic nitrogens is 2. The fraction of sp³-hybridized carbons (Fsp3) is 0.250. The molecule has 2 aromatic rings. The number of hydrogen-bond donors (Lipinski definition) is 2. The minimum atomic E-state index is -0.449. The van der Waals surface area contributed by atoms with E-state index in [-0.39, 0.29) is 30.9 Å². The number of carbonyl (C=O) groups is 3. The van der Waals surface area contributed by atoms with Gasteiger partial charge in [-0.3, -0.25) is 14.9 Å². The van der Waals surface area contributed by atoms with Gasteiger partial charge < -0.3 is 10.2 Å². The van der Waals surface area contributed by atoms with Crippen molar-refractivity contribution in [2.24, 2.45) is 11.8 Å². The number of rotatable bonds is 2. The number of nitrogens with zero attached hydrogens (tertiary/aromatic N) is 3. The largest absolute Gasteiger partial charge is 0.323 e. The molecule has 0 bridgehead atoms. The summed E-state index contributed by atoms with van der Waals surface area (Å²) < 4.78 is 1.61. The summed E-state index contributed by atoms with van der Waals surface area (Å²) in [7, 11) is 0. The first-order valence-electron chi connectivity index (χ1n) is 7.72. The molecule has 0 saturated carbocycles. The first-order valence-corrected chi connectivity index (χ1v) is 8.10. The molecule has 0 unspecified atom stereocenters. The number of carbonyl (C=O) groups excluding carboxylic acids is 3. The number of imide groups is 1. The van der Waals surface area contributed by atoms with E-state index in [1.54, 1.807) is 23.0 Å². The van der Waals surface area contributed by atoms with Crippen LogP contribution < -0.4 is 10.6 Å². The molecule has 1 aromatic carbocycles. The molecule has 0 spiro atoms. The van der Waals surface area contributed by atoms with Crippen molar-refractivity contribution in [1.29, 1.82) is 0 Å². The highest BCUT2D eigenvalue weighted by Gasteiger charge is 2.48. The first kappa shape index (κ1) is 15.6. The molecule has 0 aliphatic carbocycles. The van der Waals surface area contributed by atoms with Crippen molar-refractivity contribution in [2.45, 2.75) is 0 Å². The fourth-order valence-corrected chi connectivity index (χ4v) is 3.26. The minimum absolute atomic E-state index is 0.236. The van der Waals surface area contributed by atoms with E-state index in [1.165, 1.54) is 11.1 Å². The lowest BCUT2D eigenvalue weighted by Crippen LogP contribution is -2.37. The second-order valence-electron chi connectivity index (χ2n) is 6.05. The normalized spacial score (nSPS) is 22.0. The number of benzene rings is 1. The number of amides is 4. The number of hydrogen-bond acceptors (Lipinski definition) is 4. The van der Waals surface area contributed by atoms with Crippen LogP contribution in [0.3, 0.4) is 0 Å². The Morgan fingerprint density at radius 3 is 2.44 bits per heavy atom. The first-order chi connectivity index (χ1) is 12.0. The molecule has 1 aromatic heterocycles. The van der Waals surface area contributed by atoms with Crippen LogP contribution in [-0.2, 0) is 9.59 Å². The van der Waals surface area contributed by atoms with E-state index in [1.807, 2.05) is 12.1 Å². The van der Waals surface area contributed by atoms with Gasteiger partial charge in [0.25, 0.3) is 0 Å². The summed E-state index contributed by atoms with van der Waals surface area (Å²) in [5, 5.41) is 9.86. The zero-order chi connectivity index (χ0) is 17.6. The van der Waals surface area contributed by atoms with Crippen molar-refractivity contribution >= 4 is 35.1 Å². The summed E-state index contributed by atoms with van der Waals surface area (Å²) >= 11 is 5.86. The van der Waals surface area contributed by atoms with Crippen molar-refractivity contribution in [2.75, 3.05) is 18.4 Å². The Balaban J connectivity index is 1.43. The highest BCUT2D eigenvalue weighted by molar-refractivity contribution is 6.30. The lowest BCUT2D eigenvalue weighted by atomic mass is 10.00. The van der Waals surface area contributed by atoms with Crippen LogP contribution in [0, 0.1) is 11.8 Å². The Morgan fingerprint density at radius 2 is 1.80 bits per heavy atom. The molecule has 4 amide bonds. The van der Waals surface area contributed by atoms with E-state index in [9.17, 15) is 14.4 Å². The number of halogens is 1. The Bertz CT molecular complexity index is 841. The van der Waals surface area contributed by atoms with Crippen LogP contribution in [0.25, 0.3) is 5.69 Å². The third-order valence-electron chi connectivity index (χ3n) is 4.45. The Labute approximate surface area is 147 Å². The lowest BCUT2D eigenvalue weighted by Gasteiger charge is -2.17. The van der Waals surface area contributed by atoms with Gasteiger partial charge in [0.1, 0.15) is 0 Å². The van der Waals surface area contributed by atoms with Crippen molar-refractivity contribution in [3.8, 4) is 5.69 Å². The van der Waals surface area contributed by atoms with Gasteiger partial charge in [-0.1, -0.05) is 11.6 Å². The average Bonchev–Trinajstić information content (AvgIpc) is 3.27. The molecule has 2 N–H and O–H groups in total. The van der Waals surface area contributed by atoms with E-state index in [4.69, 9.17) is 11.6 Å². The van der Waals surface area contributed by atoms with E-state index in [0.717, 1.165) is 5.69 Å². The van der Waals surface area contributed by atoms with Gasteiger partial charge >= 0.3 is 6.03 Å². The molecular weight excluding hydrogens is 346 g/mol. The smallest absolute Gasteiger partial charge is 0.321 e. The second-order valence-corrected chi connectivity index (χ2v) is 6.49. The maximum atomic E-state index is 12.4. The van der Waals surface area contributed by atoms with Crippen LogP contribution in [0.5, 0.6) is 0 Å². The molecule has 4 rings (SSSR count). The molecule has 25 heavy (non-hydrogen) atoms. The lowest BCUT2D eigenvalue weighted by molar-refractivity contribution is -0.126. The van der Waals surface area contributed by atoms with Crippen LogP contribution in [-0.4, -0.2) is 45.6 Å². The van der Waals surface area contributed by atoms with E-state index >= 15 is 0 Å². The number of fused-ring (bicyclic) bond motifs is 1. The van der Waals surface area contributed by atoms with Crippen LogP contribution in [0.4, 0.5) is 10.5 Å². The quantitative estimate of drug-likeness (QED) is 0.789. The molecule has 2 atom stereocenters. The van der Waals surface area contributed by atoms with Gasteiger partial charge in [-0.05, 0) is 24.3 Å². The van der Waals surface area contributed by atoms with E-state index in [2.05, 4.69) is 15.7 Å². The molecule has 128 valence electrons. The zero-order valence-electron chi connectivity index (χ0n) is 13.0. The highest BCUT2D eigenvalue weighted by Crippen LogP contribution is 2.28. The Kier molecular flexibility index (Phi) is 3.69. The molecular formula is C16H14ClN5O3. The van der Waals surface area contributed by atoms with Crippen LogP contribution in [0.2, 0.25) is 5.02 Å². The number of nitrogens with one attached hydrogen (secondary N) is 2. The van der Waals surface area contributed by atoms with Gasteiger partial charge in [-0.25, -0.2) is 9.48 Å². The van der Waals surface area contributed by atoms with E-state index in [0.29, 0.717) is 10.7 Å². The standard InChI is InChI=1S/C16H14ClN5O3/c17-9-1-3-11(4-2-9)22-6-10(5-18-22)19-16(25)21-7-12-13(8-21)15(24)20-14(12)23/h1-6,12-13H,7-8H2,(H,19,25)(H,20,23,24)/t12-,13+. The van der Waals surface area contributed by atoms with Gasteiger partial charge in [0.05, 0.1) is 35.6 Å². The molecule has 9 heteroatoms. The van der Waals surface area contributed by atoms with Gasteiger partial charge in [0, 0.05) is 18.1 Å². The molecule has 8 nitrogen and oxygen atoms in total. The predicted molar refractivity (Wildman–Crippen MR) is 89.3 cm³/mol. The summed E-state index contributed by atoms with van der Waals surface area (Å²) in [6, 6.07) is 6.77. The topological polar surface area (TPSA) is 96.3 Å². The molecule has 0 radical (unpaired) electrons. The molecule has 2 saturated heterocycles. The summed E-state index contributed by atoms with van der Waals surface area (Å²) in [5.74, 6) is -1.51. The average molecular weight is 360 g/mol. The van der Waals surface area contributed by atoms with Crippen LogP contribution in [0.15, 0.2) is 36.7 Å². The maximum Gasteiger partial charge on any atom is 0.321 e.